The second-order valence-corrected chi connectivity index (χ2v) is 9.98. The highest BCUT2D eigenvalue weighted by atomic mass is 19.4. The van der Waals surface area contributed by atoms with E-state index in [4.69, 9.17) is 0 Å². The Bertz CT molecular complexity index is 1040. The van der Waals surface area contributed by atoms with Crippen molar-refractivity contribution in [3.8, 4) is 0 Å². The Morgan fingerprint density at radius 2 is 1.61 bits per heavy atom. The van der Waals surface area contributed by atoms with Gasteiger partial charge in [-0.2, -0.15) is 13.2 Å². The van der Waals surface area contributed by atoms with Gasteiger partial charge in [0.15, 0.2) is 0 Å². The van der Waals surface area contributed by atoms with E-state index in [1.165, 1.54) is 31.4 Å². The molecule has 4 rings (SSSR count). The standard InChI is InChI=1S/C28H34F3N3O2/c1-19(34-16-14-21(15-17-34)27(36)32-24-7-3-2-4-8-24)22-6-5-9-25(18-22)33-26(35)20-10-12-23(13-11-20)28(29,30)31/h5-6,9-13,18-19,21,24H,2-4,7-8,14-17H2,1H3,(H,32,36)(H,33,35). The number of benzene rings is 2. The molecule has 1 unspecified atom stereocenters. The predicted molar refractivity (Wildman–Crippen MR) is 134 cm³/mol. The van der Waals surface area contributed by atoms with Crippen LogP contribution in [-0.2, 0) is 11.0 Å². The summed E-state index contributed by atoms with van der Waals surface area (Å²) in [5.41, 5.74) is 0.997. The second kappa shape index (κ2) is 11.5. The molecule has 2 amide bonds. The molecule has 8 heteroatoms. The molecule has 1 saturated carbocycles. The highest BCUT2D eigenvalue weighted by Gasteiger charge is 2.31. The summed E-state index contributed by atoms with van der Waals surface area (Å²) in [5, 5.41) is 6.04. The number of nitrogens with one attached hydrogen (secondary N) is 2. The van der Waals surface area contributed by atoms with Crippen LogP contribution in [0.1, 0.15) is 79.4 Å². The molecule has 2 aromatic carbocycles. The maximum atomic E-state index is 12.8. The third kappa shape index (κ3) is 6.66. The summed E-state index contributed by atoms with van der Waals surface area (Å²) in [6, 6.07) is 12.1. The van der Waals surface area contributed by atoms with Crippen molar-refractivity contribution in [2.45, 2.75) is 70.1 Å². The normalized spacial score (nSPS) is 19.0. The molecule has 2 fully saturated rings. The van der Waals surface area contributed by atoms with Gasteiger partial charge >= 0.3 is 6.18 Å². The lowest BCUT2D eigenvalue weighted by atomic mass is 9.91. The molecule has 1 saturated heterocycles. The van der Waals surface area contributed by atoms with E-state index in [0.29, 0.717) is 11.7 Å². The summed E-state index contributed by atoms with van der Waals surface area (Å²) < 4.78 is 38.3. The van der Waals surface area contributed by atoms with Crippen LogP contribution >= 0.6 is 0 Å². The van der Waals surface area contributed by atoms with Crippen LogP contribution in [0.4, 0.5) is 18.9 Å². The minimum absolute atomic E-state index is 0.0599. The van der Waals surface area contributed by atoms with Crippen LogP contribution in [0.5, 0.6) is 0 Å². The summed E-state index contributed by atoms with van der Waals surface area (Å²) in [6.45, 7) is 3.76. The number of rotatable bonds is 6. The van der Waals surface area contributed by atoms with Gasteiger partial charge in [-0.05, 0) is 87.7 Å². The Labute approximate surface area is 210 Å². The van der Waals surface area contributed by atoms with Crippen molar-refractivity contribution < 1.29 is 22.8 Å². The third-order valence-electron chi connectivity index (χ3n) is 7.50. The van der Waals surface area contributed by atoms with E-state index in [0.717, 1.165) is 56.5 Å². The number of nitrogens with zero attached hydrogens (tertiary/aromatic N) is 1. The van der Waals surface area contributed by atoms with Crippen LogP contribution in [0.2, 0.25) is 0 Å². The number of amides is 2. The van der Waals surface area contributed by atoms with Gasteiger partial charge in [0.25, 0.3) is 5.91 Å². The molecule has 2 aromatic rings. The predicted octanol–water partition coefficient (Wildman–Crippen LogP) is 6.18. The number of carbonyl (C=O) groups excluding carboxylic acids is 2. The van der Waals surface area contributed by atoms with Crippen molar-refractivity contribution in [2.75, 3.05) is 18.4 Å². The number of alkyl halides is 3. The smallest absolute Gasteiger partial charge is 0.353 e. The van der Waals surface area contributed by atoms with Crippen LogP contribution in [0.15, 0.2) is 48.5 Å². The van der Waals surface area contributed by atoms with Crippen molar-refractivity contribution in [1.82, 2.24) is 10.2 Å². The zero-order valence-corrected chi connectivity index (χ0v) is 20.6. The fourth-order valence-electron chi connectivity index (χ4n) is 5.22. The summed E-state index contributed by atoms with van der Waals surface area (Å²) in [7, 11) is 0. The molecule has 36 heavy (non-hydrogen) atoms. The number of halogens is 3. The van der Waals surface area contributed by atoms with Gasteiger partial charge < -0.3 is 10.6 Å². The van der Waals surface area contributed by atoms with Crippen LogP contribution in [0.25, 0.3) is 0 Å². The Balaban J connectivity index is 1.31. The van der Waals surface area contributed by atoms with Gasteiger partial charge in [0.1, 0.15) is 0 Å². The van der Waals surface area contributed by atoms with E-state index in [-0.39, 0.29) is 23.4 Å². The number of anilines is 1. The second-order valence-electron chi connectivity index (χ2n) is 9.98. The Hall–Kier alpha value is -2.87. The first-order chi connectivity index (χ1) is 17.2. The maximum absolute atomic E-state index is 12.8. The van der Waals surface area contributed by atoms with Crippen molar-refractivity contribution in [2.24, 2.45) is 5.92 Å². The van der Waals surface area contributed by atoms with E-state index >= 15 is 0 Å². The van der Waals surface area contributed by atoms with Gasteiger partial charge in [-0.1, -0.05) is 31.4 Å². The Morgan fingerprint density at radius 3 is 2.25 bits per heavy atom. The van der Waals surface area contributed by atoms with E-state index in [2.05, 4.69) is 22.5 Å². The monoisotopic (exact) mass is 501 g/mol. The summed E-state index contributed by atoms with van der Waals surface area (Å²) >= 11 is 0. The molecular formula is C28H34F3N3O2. The molecule has 0 bridgehead atoms. The number of hydrogen-bond donors (Lipinski definition) is 2. The van der Waals surface area contributed by atoms with Crippen LogP contribution in [0.3, 0.4) is 0 Å². The minimum Gasteiger partial charge on any atom is -0.353 e. The average Bonchev–Trinajstić information content (AvgIpc) is 2.88. The zero-order valence-electron chi connectivity index (χ0n) is 20.6. The highest BCUT2D eigenvalue weighted by Crippen LogP contribution is 2.30. The van der Waals surface area contributed by atoms with Crippen molar-refractivity contribution >= 4 is 17.5 Å². The Morgan fingerprint density at radius 1 is 0.944 bits per heavy atom. The van der Waals surface area contributed by atoms with Gasteiger partial charge in [-0.3, -0.25) is 14.5 Å². The number of likely N-dealkylation sites (tertiary alicyclic amines) is 1. The molecule has 2 N–H and O–H groups in total. The van der Waals surface area contributed by atoms with E-state index < -0.39 is 17.6 Å². The van der Waals surface area contributed by atoms with Gasteiger partial charge in [-0.15, -0.1) is 0 Å². The van der Waals surface area contributed by atoms with Gasteiger partial charge in [0.2, 0.25) is 5.91 Å². The van der Waals surface area contributed by atoms with Gasteiger partial charge in [0, 0.05) is 29.3 Å². The first-order valence-electron chi connectivity index (χ1n) is 12.8. The van der Waals surface area contributed by atoms with E-state index in [1.54, 1.807) is 6.07 Å². The first kappa shape index (κ1) is 26.2. The average molecular weight is 502 g/mol. The SMILES string of the molecule is CC(c1cccc(NC(=O)c2ccc(C(F)(F)F)cc2)c1)N1CCC(C(=O)NC2CCCCC2)CC1. The molecule has 2 aliphatic rings. The molecular weight excluding hydrogens is 467 g/mol. The summed E-state index contributed by atoms with van der Waals surface area (Å²) in [4.78, 5) is 27.6. The number of piperidine rings is 1. The van der Waals surface area contributed by atoms with Crippen LogP contribution in [0, 0.1) is 5.92 Å². The number of carbonyl (C=O) groups is 2. The molecule has 1 heterocycles. The molecule has 194 valence electrons. The molecule has 0 radical (unpaired) electrons. The fraction of sp³-hybridized carbons (Fsp3) is 0.500. The lowest BCUT2D eigenvalue weighted by Crippen LogP contribution is -2.44. The van der Waals surface area contributed by atoms with E-state index in [9.17, 15) is 22.8 Å². The molecule has 0 spiro atoms. The largest absolute Gasteiger partial charge is 0.416 e. The first-order valence-corrected chi connectivity index (χ1v) is 12.8. The van der Waals surface area contributed by atoms with Crippen molar-refractivity contribution in [3.63, 3.8) is 0 Å². The van der Waals surface area contributed by atoms with Gasteiger partial charge in [-0.25, -0.2) is 0 Å². The van der Waals surface area contributed by atoms with Crippen molar-refractivity contribution in [1.29, 1.82) is 0 Å². The fourth-order valence-corrected chi connectivity index (χ4v) is 5.22. The molecule has 0 aromatic heterocycles. The molecule has 1 aliphatic carbocycles. The van der Waals surface area contributed by atoms with Crippen LogP contribution < -0.4 is 10.6 Å². The topological polar surface area (TPSA) is 61.4 Å². The Kier molecular flexibility index (Phi) is 8.34. The summed E-state index contributed by atoms with van der Waals surface area (Å²) in [6.07, 6.45) is 3.06. The third-order valence-corrected chi connectivity index (χ3v) is 7.50. The zero-order chi connectivity index (χ0) is 25.7. The molecule has 1 atom stereocenters. The lowest BCUT2D eigenvalue weighted by molar-refractivity contribution is -0.137. The maximum Gasteiger partial charge on any atom is 0.416 e. The molecule has 5 nitrogen and oxygen atoms in total. The highest BCUT2D eigenvalue weighted by molar-refractivity contribution is 6.04. The summed E-state index contributed by atoms with van der Waals surface area (Å²) in [5.74, 6) is -0.203. The quantitative estimate of drug-likeness (QED) is 0.497. The van der Waals surface area contributed by atoms with E-state index in [1.807, 2.05) is 18.2 Å². The van der Waals surface area contributed by atoms with Crippen LogP contribution in [-0.4, -0.2) is 35.8 Å². The van der Waals surface area contributed by atoms with Crippen molar-refractivity contribution in [3.05, 3.63) is 65.2 Å². The lowest BCUT2D eigenvalue weighted by Gasteiger charge is -2.36. The molecule has 1 aliphatic heterocycles. The number of hydrogen-bond acceptors (Lipinski definition) is 3. The van der Waals surface area contributed by atoms with Gasteiger partial charge in [0.05, 0.1) is 5.56 Å². The minimum atomic E-state index is -4.44.